The summed E-state index contributed by atoms with van der Waals surface area (Å²) in [6, 6.07) is 3.32. The van der Waals surface area contributed by atoms with Crippen molar-refractivity contribution in [2.75, 3.05) is 25.0 Å². The molecule has 2 rings (SSSR count). The first-order valence-electron chi connectivity index (χ1n) is 6.11. The summed E-state index contributed by atoms with van der Waals surface area (Å²) >= 11 is 0. The molecular formula is C11H16N6O2. The Kier molecular flexibility index (Phi) is 3.79. The zero-order chi connectivity index (χ0) is 13.8. The van der Waals surface area contributed by atoms with Gasteiger partial charge >= 0.3 is 5.69 Å². The minimum absolute atomic E-state index is 0.00793. The van der Waals surface area contributed by atoms with Gasteiger partial charge in [-0.2, -0.15) is 9.61 Å². The van der Waals surface area contributed by atoms with Gasteiger partial charge in [0, 0.05) is 13.1 Å². The topological polar surface area (TPSA) is 95.4 Å². The van der Waals surface area contributed by atoms with E-state index in [9.17, 15) is 9.59 Å². The van der Waals surface area contributed by atoms with Gasteiger partial charge in [0.2, 0.25) is 5.91 Å². The average molecular weight is 264 g/mol. The lowest BCUT2D eigenvalue weighted by atomic mass is 10.4. The molecule has 0 atom stereocenters. The van der Waals surface area contributed by atoms with Crippen molar-refractivity contribution < 1.29 is 4.79 Å². The van der Waals surface area contributed by atoms with Crippen LogP contribution in [0.5, 0.6) is 0 Å². The maximum Gasteiger partial charge on any atom is 0.364 e. The first kappa shape index (κ1) is 13.1. The summed E-state index contributed by atoms with van der Waals surface area (Å²) in [5, 5.41) is 13.0. The number of anilines is 1. The van der Waals surface area contributed by atoms with E-state index in [4.69, 9.17) is 0 Å². The van der Waals surface area contributed by atoms with Crippen molar-refractivity contribution in [3.63, 3.8) is 0 Å². The highest BCUT2D eigenvalue weighted by Crippen LogP contribution is 2.02. The van der Waals surface area contributed by atoms with E-state index >= 15 is 0 Å². The van der Waals surface area contributed by atoms with Gasteiger partial charge in [0.15, 0.2) is 5.65 Å². The Bertz CT molecular complexity index is 627. The molecule has 0 saturated carbocycles. The molecule has 0 bridgehead atoms. The van der Waals surface area contributed by atoms with Crippen molar-refractivity contribution in [3.05, 3.63) is 22.6 Å². The van der Waals surface area contributed by atoms with Crippen LogP contribution in [0.2, 0.25) is 0 Å². The molecular weight excluding hydrogens is 248 g/mol. The summed E-state index contributed by atoms with van der Waals surface area (Å²) in [5.41, 5.74) is 0.0272. The number of amides is 1. The highest BCUT2D eigenvalue weighted by atomic mass is 16.2. The Hall–Kier alpha value is -2.38. The molecule has 0 aromatic carbocycles. The second-order valence-electron chi connectivity index (χ2n) is 3.94. The third-order valence-corrected chi connectivity index (χ3v) is 2.81. The Morgan fingerprint density at radius 1 is 1.42 bits per heavy atom. The Morgan fingerprint density at radius 2 is 2.16 bits per heavy atom. The molecule has 0 aliphatic rings. The Morgan fingerprint density at radius 3 is 2.84 bits per heavy atom. The van der Waals surface area contributed by atoms with Gasteiger partial charge in [0.25, 0.3) is 0 Å². The lowest BCUT2D eigenvalue weighted by molar-refractivity contribution is -0.128. The average Bonchev–Trinajstić information content (AvgIpc) is 2.79. The van der Waals surface area contributed by atoms with Crippen LogP contribution in [0.1, 0.15) is 13.8 Å². The zero-order valence-corrected chi connectivity index (χ0v) is 10.9. The molecule has 0 unspecified atom stereocenters. The van der Waals surface area contributed by atoms with Crippen molar-refractivity contribution in [2.24, 2.45) is 0 Å². The van der Waals surface area contributed by atoms with E-state index in [2.05, 4.69) is 20.6 Å². The number of carbonyl (C=O) groups excluding carboxylic acids is 1. The minimum atomic E-state index is -0.409. The molecule has 2 aromatic rings. The van der Waals surface area contributed by atoms with E-state index in [0.29, 0.717) is 24.6 Å². The van der Waals surface area contributed by atoms with Crippen LogP contribution in [0.25, 0.3) is 5.65 Å². The molecule has 0 saturated heterocycles. The van der Waals surface area contributed by atoms with Crippen LogP contribution in [-0.4, -0.2) is 50.3 Å². The summed E-state index contributed by atoms with van der Waals surface area (Å²) < 4.78 is 1.14. The standard InChI is InChI=1S/C11H16N6O2/c1-3-16(4-2)10(18)7-12-8-5-6-9-13-14-11(19)17(9)15-8/h5-6H,3-4,7H2,1-2H3,(H,12,15)(H,14,19). The minimum Gasteiger partial charge on any atom is -0.360 e. The Labute approximate surface area is 109 Å². The SMILES string of the molecule is CCN(CC)C(=O)CNc1ccc2n[nH]c(=O)n2n1. The first-order chi connectivity index (χ1) is 9.15. The zero-order valence-electron chi connectivity index (χ0n) is 10.9. The molecule has 0 radical (unpaired) electrons. The number of aromatic amines is 1. The van der Waals surface area contributed by atoms with Crippen LogP contribution in [0, 0.1) is 0 Å². The van der Waals surface area contributed by atoms with Crippen LogP contribution in [0.4, 0.5) is 5.82 Å². The second kappa shape index (κ2) is 5.51. The predicted octanol–water partition coefficient (Wildman–Crippen LogP) is -0.302. The molecule has 19 heavy (non-hydrogen) atoms. The summed E-state index contributed by atoms with van der Waals surface area (Å²) in [6.45, 7) is 5.34. The molecule has 2 aromatic heterocycles. The summed E-state index contributed by atoms with van der Waals surface area (Å²) in [6.07, 6.45) is 0. The number of rotatable bonds is 5. The fraction of sp³-hybridized carbons (Fsp3) is 0.455. The lowest BCUT2D eigenvalue weighted by Gasteiger charge is -2.18. The van der Waals surface area contributed by atoms with E-state index in [1.165, 1.54) is 0 Å². The van der Waals surface area contributed by atoms with Crippen LogP contribution in [0.3, 0.4) is 0 Å². The summed E-state index contributed by atoms with van der Waals surface area (Å²) in [4.78, 5) is 24.9. The molecule has 0 aliphatic carbocycles. The summed E-state index contributed by atoms with van der Waals surface area (Å²) in [7, 11) is 0. The van der Waals surface area contributed by atoms with E-state index < -0.39 is 5.69 Å². The number of carbonyl (C=O) groups is 1. The van der Waals surface area contributed by atoms with Crippen LogP contribution in [-0.2, 0) is 4.79 Å². The van der Waals surface area contributed by atoms with Crippen molar-refractivity contribution in [1.29, 1.82) is 0 Å². The number of nitrogens with zero attached hydrogens (tertiary/aromatic N) is 4. The highest BCUT2D eigenvalue weighted by Gasteiger charge is 2.09. The third kappa shape index (κ3) is 2.72. The molecule has 0 spiro atoms. The summed E-state index contributed by atoms with van der Waals surface area (Å²) in [5.74, 6) is 0.447. The second-order valence-corrected chi connectivity index (χ2v) is 3.94. The number of likely N-dealkylation sites (N-methyl/N-ethyl adjacent to an activating group) is 1. The van der Waals surface area contributed by atoms with Gasteiger partial charge in [-0.05, 0) is 26.0 Å². The number of hydrogen-bond acceptors (Lipinski definition) is 5. The number of H-pyrrole nitrogens is 1. The van der Waals surface area contributed by atoms with Gasteiger partial charge in [0.1, 0.15) is 5.82 Å². The monoisotopic (exact) mass is 264 g/mol. The molecule has 0 aliphatic heterocycles. The first-order valence-corrected chi connectivity index (χ1v) is 6.11. The molecule has 8 nitrogen and oxygen atoms in total. The maximum absolute atomic E-state index is 11.8. The number of hydrogen-bond donors (Lipinski definition) is 2. The molecule has 1 amide bonds. The van der Waals surface area contributed by atoms with Gasteiger partial charge in [-0.15, -0.1) is 5.10 Å². The van der Waals surface area contributed by atoms with Gasteiger partial charge in [0.05, 0.1) is 6.54 Å². The fourth-order valence-corrected chi connectivity index (χ4v) is 1.75. The van der Waals surface area contributed by atoms with E-state index in [-0.39, 0.29) is 12.5 Å². The van der Waals surface area contributed by atoms with E-state index in [1.807, 2.05) is 13.8 Å². The van der Waals surface area contributed by atoms with Crippen molar-refractivity contribution in [1.82, 2.24) is 24.7 Å². The van der Waals surface area contributed by atoms with Gasteiger partial charge in [-0.3, -0.25) is 4.79 Å². The third-order valence-electron chi connectivity index (χ3n) is 2.81. The van der Waals surface area contributed by atoms with Crippen LogP contribution >= 0.6 is 0 Å². The molecule has 8 heteroatoms. The molecule has 2 N–H and O–H groups in total. The quantitative estimate of drug-likeness (QED) is 0.773. The normalized spacial score (nSPS) is 10.6. The predicted molar refractivity (Wildman–Crippen MR) is 70.0 cm³/mol. The largest absolute Gasteiger partial charge is 0.364 e. The van der Waals surface area contributed by atoms with E-state index in [1.54, 1.807) is 17.0 Å². The molecule has 2 heterocycles. The van der Waals surface area contributed by atoms with Crippen LogP contribution < -0.4 is 11.0 Å². The van der Waals surface area contributed by atoms with Crippen LogP contribution in [0.15, 0.2) is 16.9 Å². The highest BCUT2D eigenvalue weighted by molar-refractivity contribution is 5.80. The number of aromatic nitrogens is 4. The molecule has 102 valence electrons. The van der Waals surface area contributed by atoms with Gasteiger partial charge < -0.3 is 10.2 Å². The number of nitrogens with one attached hydrogen (secondary N) is 2. The maximum atomic E-state index is 11.8. The van der Waals surface area contributed by atoms with Crippen molar-refractivity contribution in [3.8, 4) is 0 Å². The van der Waals surface area contributed by atoms with Crippen molar-refractivity contribution in [2.45, 2.75) is 13.8 Å². The number of fused-ring (bicyclic) bond motifs is 1. The smallest absolute Gasteiger partial charge is 0.360 e. The Balaban J connectivity index is 2.07. The lowest BCUT2D eigenvalue weighted by Crippen LogP contribution is -2.35. The van der Waals surface area contributed by atoms with Gasteiger partial charge in [-0.1, -0.05) is 0 Å². The van der Waals surface area contributed by atoms with Crippen molar-refractivity contribution >= 4 is 17.4 Å². The van der Waals surface area contributed by atoms with E-state index in [0.717, 1.165) is 4.52 Å². The molecule has 0 fully saturated rings. The van der Waals surface area contributed by atoms with Gasteiger partial charge in [-0.25, -0.2) is 9.89 Å². The fourth-order valence-electron chi connectivity index (χ4n) is 1.75.